The van der Waals surface area contributed by atoms with Crippen LogP contribution in [0.5, 0.6) is 0 Å². The van der Waals surface area contributed by atoms with Crippen molar-refractivity contribution in [2.45, 2.75) is 0 Å². The van der Waals surface area contributed by atoms with Crippen LogP contribution in [0.15, 0.2) is 42.6 Å². The fourth-order valence-corrected chi connectivity index (χ4v) is 2.06. The van der Waals surface area contributed by atoms with Crippen LogP contribution < -0.4 is 5.73 Å². The van der Waals surface area contributed by atoms with Gasteiger partial charge in [0.25, 0.3) is 5.91 Å². The number of nitrogens with two attached hydrogens (primary N) is 1. The van der Waals surface area contributed by atoms with E-state index in [2.05, 4.69) is 10.1 Å². The lowest BCUT2D eigenvalue weighted by Crippen LogP contribution is -2.22. The highest BCUT2D eigenvalue weighted by molar-refractivity contribution is 5.91. The van der Waals surface area contributed by atoms with Gasteiger partial charge in [-0.2, -0.15) is 5.10 Å². The fourth-order valence-electron chi connectivity index (χ4n) is 2.06. The van der Waals surface area contributed by atoms with Crippen molar-refractivity contribution in [3.63, 3.8) is 0 Å². The zero-order chi connectivity index (χ0) is 15.0. The monoisotopic (exact) mass is 281 g/mol. The van der Waals surface area contributed by atoms with E-state index in [1.54, 1.807) is 31.0 Å². The molecule has 3 rings (SSSR count). The lowest BCUT2D eigenvalue weighted by molar-refractivity contribution is 0.0821. The molecule has 0 saturated heterocycles. The van der Waals surface area contributed by atoms with E-state index in [-0.39, 0.29) is 5.91 Å². The molecule has 0 unspecified atom stereocenters. The number of nitrogen functional groups attached to an aromatic ring is 1. The number of pyridine rings is 1. The van der Waals surface area contributed by atoms with Crippen LogP contribution in [0.4, 0.5) is 5.69 Å². The number of fused-ring (bicyclic) bond motifs is 1. The Morgan fingerprint density at radius 3 is 2.76 bits per heavy atom. The summed E-state index contributed by atoms with van der Waals surface area (Å²) in [6.07, 6.45) is 1.72. The Bertz CT molecular complexity index is 822. The van der Waals surface area contributed by atoms with Crippen molar-refractivity contribution in [2.75, 3.05) is 19.8 Å². The zero-order valence-electron chi connectivity index (χ0n) is 11.8. The standard InChI is InChI=1S/C15H15N5O/c1-19(2)15(21)13-7-8-20(18-13)14-6-3-10-9-11(16)4-5-12(10)17-14/h3-9H,16H2,1-2H3. The third kappa shape index (κ3) is 2.43. The topological polar surface area (TPSA) is 77.0 Å². The molecular weight excluding hydrogens is 266 g/mol. The Morgan fingerprint density at radius 2 is 2.00 bits per heavy atom. The van der Waals surface area contributed by atoms with Gasteiger partial charge in [0.1, 0.15) is 0 Å². The van der Waals surface area contributed by atoms with Gasteiger partial charge >= 0.3 is 0 Å². The maximum atomic E-state index is 11.9. The predicted molar refractivity (Wildman–Crippen MR) is 81.3 cm³/mol. The number of benzene rings is 1. The second-order valence-electron chi connectivity index (χ2n) is 4.97. The maximum Gasteiger partial charge on any atom is 0.273 e. The summed E-state index contributed by atoms with van der Waals surface area (Å²) in [5, 5.41) is 5.23. The highest BCUT2D eigenvalue weighted by Gasteiger charge is 2.12. The Balaban J connectivity index is 2.01. The second-order valence-corrected chi connectivity index (χ2v) is 4.97. The van der Waals surface area contributed by atoms with Crippen LogP contribution in [0.1, 0.15) is 10.5 Å². The first-order valence-electron chi connectivity index (χ1n) is 6.48. The molecule has 1 aromatic carbocycles. The van der Waals surface area contributed by atoms with E-state index < -0.39 is 0 Å². The molecule has 0 saturated carbocycles. The van der Waals surface area contributed by atoms with Gasteiger partial charge in [-0.05, 0) is 36.4 Å². The molecule has 0 aliphatic heterocycles. The largest absolute Gasteiger partial charge is 0.399 e. The first kappa shape index (κ1) is 13.1. The van der Waals surface area contributed by atoms with E-state index >= 15 is 0 Å². The molecule has 0 fully saturated rings. The van der Waals surface area contributed by atoms with Gasteiger partial charge in [0.15, 0.2) is 11.5 Å². The SMILES string of the molecule is CN(C)C(=O)c1ccn(-c2ccc3cc(N)ccc3n2)n1. The minimum Gasteiger partial charge on any atom is -0.399 e. The van der Waals surface area contributed by atoms with Crippen LogP contribution in [0.2, 0.25) is 0 Å². The average molecular weight is 281 g/mol. The molecule has 106 valence electrons. The average Bonchev–Trinajstić information content (AvgIpc) is 2.95. The van der Waals surface area contributed by atoms with Crippen LogP contribution in [0.25, 0.3) is 16.7 Å². The van der Waals surface area contributed by atoms with E-state index in [0.29, 0.717) is 17.2 Å². The molecule has 21 heavy (non-hydrogen) atoms. The fraction of sp³-hybridized carbons (Fsp3) is 0.133. The number of rotatable bonds is 2. The Labute approximate surface area is 121 Å². The van der Waals surface area contributed by atoms with Crippen molar-refractivity contribution < 1.29 is 4.79 Å². The Hall–Kier alpha value is -2.89. The van der Waals surface area contributed by atoms with Crippen LogP contribution in [-0.2, 0) is 0 Å². The van der Waals surface area contributed by atoms with Crippen molar-refractivity contribution in [1.29, 1.82) is 0 Å². The molecule has 3 aromatic rings. The number of carbonyl (C=O) groups is 1. The molecule has 1 amide bonds. The van der Waals surface area contributed by atoms with Crippen LogP contribution >= 0.6 is 0 Å². The van der Waals surface area contributed by atoms with Crippen molar-refractivity contribution in [1.82, 2.24) is 19.7 Å². The summed E-state index contributed by atoms with van der Waals surface area (Å²) in [6.45, 7) is 0. The van der Waals surface area contributed by atoms with Gasteiger partial charge in [-0.1, -0.05) is 0 Å². The van der Waals surface area contributed by atoms with Gasteiger partial charge in [-0.15, -0.1) is 0 Å². The van der Waals surface area contributed by atoms with Crippen molar-refractivity contribution in [3.05, 3.63) is 48.3 Å². The van der Waals surface area contributed by atoms with Crippen molar-refractivity contribution >= 4 is 22.5 Å². The normalized spacial score (nSPS) is 10.8. The smallest absolute Gasteiger partial charge is 0.273 e. The molecule has 0 spiro atoms. The van der Waals surface area contributed by atoms with Gasteiger partial charge in [-0.3, -0.25) is 4.79 Å². The molecular formula is C15H15N5O. The lowest BCUT2D eigenvalue weighted by atomic mass is 10.2. The Kier molecular flexibility index (Phi) is 3.06. The highest BCUT2D eigenvalue weighted by atomic mass is 16.2. The molecule has 0 radical (unpaired) electrons. The molecule has 6 heteroatoms. The molecule has 0 atom stereocenters. The molecule has 0 bridgehead atoms. The van der Waals surface area contributed by atoms with E-state index in [4.69, 9.17) is 5.73 Å². The third-order valence-corrected chi connectivity index (χ3v) is 3.15. The number of nitrogens with zero attached hydrogens (tertiary/aromatic N) is 4. The van der Waals surface area contributed by atoms with Gasteiger partial charge in [-0.25, -0.2) is 9.67 Å². The third-order valence-electron chi connectivity index (χ3n) is 3.15. The number of aromatic nitrogens is 3. The van der Waals surface area contributed by atoms with Crippen LogP contribution in [0.3, 0.4) is 0 Å². The maximum absolute atomic E-state index is 11.9. The molecule has 0 aliphatic carbocycles. The van der Waals surface area contributed by atoms with Crippen molar-refractivity contribution in [2.24, 2.45) is 0 Å². The summed E-state index contributed by atoms with van der Waals surface area (Å²) in [5.74, 6) is 0.521. The summed E-state index contributed by atoms with van der Waals surface area (Å²) >= 11 is 0. The highest BCUT2D eigenvalue weighted by Crippen LogP contribution is 2.17. The van der Waals surface area contributed by atoms with Gasteiger partial charge in [0, 0.05) is 31.4 Å². The molecule has 2 N–H and O–H groups in total. The van der Waals surface area contributed by atoms with E-state index in [1.807, 2.05) is 30.3 Å². The summed E-state index contributed by atoms with van der Waals surface area (Å²) in [7, 11) is 3.39. The summed E-state index contributed by atoms with van der Waals surface area (Å²) < 4.78 is 1.59. The van der Waals surface area contributed by atoms with Gasteiger partial charge in [0.2, 0.25) is 0 Å². The molecule has 6 nitrogen and oxygen atoms in total. The zero-order valence-corrected chi connectivity index (χ0v) is 11.8. The predicted octanol–water partition coefficient (Wildman–Crippen LogP) is 1.70. The van der Waals surface area contributed by atoms with Crippen LogP contribution in [-0.4, -0.2) is 39.7 Å². The van der Waals surface area contributed by atoms with E-state index in [1.165, 1.54) is 4.90 Å². The minimum absolute atomic E-state index is 0.137. The van der Waals surface area contributed by atoms with E-state index in [9.17, 15) is 4.79 Å². The first-order valence-corrected chi connectivity index (χ1v) is 6.48. The molecule has 2 heterocycles. The first-order chi connectivity index (χ1) is 10.0. The van der Waals surface area contributed by atoms with Crippen molar-refractivity contribution in [3.8, 4) is 5.82 Å². The summed E-state index contributed by atoms with van der Waals surface area (Å²) in [5.41, 5.74) is 7.67. The number of anilines is 1. The number of hydrogen-bond acceptors (Lipinski definition) is 4. The van der Waals surface area contributed by atoms with E-state index in [0.717, 1.165) is 10.9 Å². The number of carbonyl (C=O) groups excluding carboxylic acids is 1. The Morgan fingerprint density at radius 1 is 1.19 bits per heavy atom. The van der Waals surface area contributed by atoms with Gasteiger partial charge in [0.05, 0.1) is 5.52 Å². The lowest BCUT2D eigenvalue weighted by Gasteiger charge is -2.07. The molecule has 2 aromatic heterocycles. The van der Waals surface area contributed by atoms with Crippen LogP contribution in [0, 0.1) is 0 Å². The van der Waals surface area contributed by atoms with Gasteiger partial charge < -0.3 is 10.6 Å². The summed E-state index contributed by atoms with van der Waals surface area (Å²) in [6, 6.07) is 11.0. The molecule has 0 aliphatic rings. The summed E-state index contributed by atoms with van der Waals surface area (Å²) in [4.78, 5) is 17.9. The minimum atomic E-state index is -0.137. The quantitative estimate of drug-likeness (QED) is 0.725. The number of hydrogen-bond donors (Lipinski definition) is 1. The number of amides is 1. The second kappa shape index (κ2) is 4.90.